The Labute approximate surface area is 79.3 Å². The van der Waals surface area contributed by atoms with Crippen molar-refractivity contribution < 1.29 is 4.79 Å². The predicted octanol–water partition coefficient (Wildman–Crippen LogP) is 2.62. The highest BCUT2D eigenvalue weighted by molar-refractivity contribution is 9.10. The van der Waals surface area contributed by atoms with E-state index in [0.29, 0.717) is 0 Å². The average Bonchev–Trinajstić information content (AvgIpc) is 2.05. The van der Waals surface area contributed by atoms with Crippen molar-refractivity contribution in [3.05, 3.63) is 34.3 Å². The Kier molecular flexibility index (Phi) is 3.15. The van der Waals surface area contributed by atoms with E-state index in [2.05, 4.69) is 28.6 Å². The lowest BCUT2D eigenvalue weighted by molar-refractivity contribution is -0.107. The molecule has 0 aliphatic heterocycles. The quantitative estimate of drug-likeness (QED) is 0.611. The van der Waals surface area contributed by atoms with Crippen molar-refractivity contribution in [1.29, 1.82) is 0 Å². The van der Waals surface area contributed by atoms with Crippen molar-refractivity contribution in [2.75, 3.05) is 0 Å². The van der Waals surface area contributed by atoms with Crippen LogP contribution in [0.25, 0.3) is 0 Å². The molecule has 0 radical (unpaired) electrons. The molecular weight excluding hydrogens is 224 g/mol. The Morgan fingerprint density at radius 1 is 1.36 bits per heavy atom. The van der Waals surface area contributed by atoms with E-state index in [4.69, 9.17) is 0 Å². The standard InChI is InChI=1S/C8H7BrOS/c9-7-3-1-6(2-4-7)8(11)5-10/h1-5,8,11H. The number of hydrogen-bond acceptors (Lipinski definition) is 2. The molecule has 1 unspecified atom stereocenters. The fourth-order valence-electron chi connectivity index (χ4n) is 0.739. The zero-order valence-corrected chi connectivity index (χ0v) is 8.18. The van der Waals surface area contributed by atoms with Crippen LogP contribution in [0.4, 0.5) is 0 Å². The molecule has 0 bridgehead atoms. The van der Waals surface area contributed by atoms with Crippen LogP contribution in [-0.2, 0) is 4.79 Å². The zero-order valence-electron chi connectivity index (χ0n) is 5.70. The fraction of sp³-hybridized carbons (Fsp3) is 0.125. The topological polar surface area (TPSA) is 17.1 Å². The molecule has 0 saturated heterocycles. The molecule has 58 valence electrons. The lowest BCUT2D eigenvalue weighted by Crippen LogP contribution is -1.89. The predicted molar refractivity (Wildman–Crippen MR) is 51.9 cm³/mol. The minimum atomic E-state index is -0.303. The maximum atomic E-state index is 10.3. The molecule has 0 aromatic heterocycles. The minimum absolute atomic E-state index is 0.303. The van der Waals surface area contributed by atoms with Gasteiger partial charge in [-0.1, -0.05) is 28.1 Å². The van der Waals surface area contributed by atoms with Crippen molar-refractivity contribution in [1.82, 2.24) is 0 Å². The molecule has 0 heterocycles. The molecule has 0 N–H and O–H groups in total. The number of benzene rings is 1. The third-order valence-corrected chi connectivity index (χ3v) is 2.29. The zero-order chi connectivity index (χ0) is 8.27. The first-order valence-electron chi connectivity index (χ1n) is 3.13. The van der Waals surface area contributed by atoms with Gasteiger partial charge in [0, 0.05) is 4.47 Å². The Morgan fingerprint density at radius 2 is 1.91 bits per heavy atom. The van der Waals surface area contributed by atoms with Crippen LogP contribution in [0, 0.1) is 0 Å². The summed E-state index contributed by atoms with van der Waals surface area (Å²) in [5, 5.41) is -0.303. The summed E-state index contributed by atoms with van der Waals surface area (Å²) in [5.41, 5.74) is 0.923. The highest BCUT2D eigenvalue weighted by Crippen LogP contribution is 2.19. The van der Waals surface area contributed by atoms with Crippen LogP contribution in [0.5, 0.6) is 0 Å². The van der Waals surface area contributed by atoms with E-state index in [9.17, 15) is 4.79 Å². The van der Waals surface area contributed by atoms with Gasteiger partial charge in [0.1, 0.15) is 6.29 Å². The molecule has 1 atom stereocenters. The van der Waals surface area contributed by atoms with Crippen LogP contribution in [0.3, 0.4) is 0 Å². The van der Waals surface area contributed by atoms with Crippen LogP contribution in [0.2, 0.25) is 0 Å². The second-order valence-electron chi connectivity index (χ2n) is 2.13. The second kappa shape index (κ2) is 3.93. The van der Waals surface area contributed by atoms with E-state index in [-0.39, 0.29) is 5.25 Å². The summed E-state index contributed by atoms with van der Waals surface area (Å²) in [5.74, 6) is 0. The molecule has 1 aromatic rings. The van der Waals surface area contributed by atoms with Gasteiger partial charge in [-0.05, 0) is 17.7 Å². The van der Waals surface area contributed by atoms with Gasteiger partial charge in [0.2, 0.25) is 0 Å². The molecule has 0 spiro atoms. The molecule has 1 nitrogen and oxygen atoms in total. The molecule has 1 aromatic carbocycles. The van der Waals surface area contributed by atoms with E-state index >= 15 is 0 Å². The molecule has 0 fully saturated rings. The summed E-state index contributed by atoms with van der Waals surface area (Å²) >= 11 is 7.37. The Balaban J connectivity index is 2.89. The van der Waals surface area contributed by atoms with Crippen LogP contribution >= 0.6 is 28.6 Å². The molecule has 0 aliphatic carbocycles. The highest BCUT2D eigenvalue weighted by Gasteiger charge is 2.02. The first kappa shape index (κ1) is 8.81. The number of aldehydes is 1. The summed E-state index contributed by atoms with van der Waals surface area (Å²) < 4.78 is 1.01. The van der Waals surface area contributed by atoms with Gasteiger partial charge in [-0.25, -0.2) is 0 Å². The van der Waals surface area contributed by atoms with E-state index < -0.39 is 0 Å². The van der Waals surface area contributed by atoms with Crippen molar-refractivity contribution in [2.45, 2.75) is 5.25 Å². The van der Waals surface area contributed by atoms with Gasteiger partial charge < -0.3 is 4.79 Å². The van der Waals surface area contributed by atoms with Crippen molar-refractivity contribution >= 4 is 34.8 Å². The van der Waals surface area contributed by atoms with Crippen LogP contribution in [0.1, 0.15) is 10.8 Å². The number of thiol groups is 1. The van der Waals surface area contributed by atoms with E-state index in [1.54, 1.807) is 0 Å². The van der Waals surface area contributed by atoms with Crippen molar-refractivity contribution in [3.63, 3.8) is 0 Å². The van der Waals surface area contributed by atoms with Crippen molar-refractivity contribution in [3.8, 4) is 0 Å². The normalized spacial score (nSPS) is 12.5. The number of carbonyl (C=O) groups is 1. The number of carbonyl (C=O) groups excluding carboxylic acids is 1. The molecule has 0 saturated carbocycles. The van der Waals surface area contributed by atoms with Crippen LogP contribution in [-0.4, -0.2) is 6.29 Å². The van der Waals surface area contributed by atoms with Gasteiger partial charge in [0.15, 0.2) is 0 Å². The van der Waals surface area contributed by atoms with E-state index in [1.165, 1.54) is 0 Å². The molecule has 3 heteroatoms. The molecular formula is C8H7BrOS. The van der Waals surface area contributed by atoms with Gasteiger partial charge in [0.25, 0.3) is 0 Å². The Bertz CT molecular complexity index is 245. The largest absolute Gasteiger partial charge is 0.302 e. The van der Waals surface area contributed by atoms with Crippen LogP contribution in [0.15, 0.2) is 28.7 Å². The second-order valence-corrected chi connectivity index (χ2v) is 3.60. The first-order chi connectivity index (χ1) is 5.24. The lowest BCUT2D eigenvalue weighted by atomic mass is 10.2. The fourth-order valence-corrected chi connectivity index (χ4v) is 1.17. The summed E-state index contributed by atoms with van der Waals surface area (Å²) in [6, 6.07) is 7.52. The third-order valence-electron chi connectivity index (χ3n) is 1.34. The molecule has 0 aliphatic rings. The molecule has 1 rings (SSSR count). The molecule has 0 amide bonds. The smallest absolute Gasteiger partial charge is 0.137 e. The van der Waals surface area contributed by atoms with Gasteiger partial charge in [-0.15, -0.1) is 0 Å². The Morgan fingerprint density at radius 3 is 2.36 bits per heavy atom. The van der Waals surface area contributed by atoms with E-state index in [0.717, 1.165) is 16.3 Å². The maximum absolute atomic E-state index is 10.3. The van der Waals surface area contributed by atoms with Gasteiger partial charge >= 0.3 is 0 Å². The average molecular weight is 231 g/mol. The summed E-state index contributed by atoms with van der Waals surface area (Å²) in [6.45, 7) is 0. The van der Waals surface area contributed by atoms with Gasteiger partial charge in [-0.3, -0.25) is 0 Å². The summed E-state index contributed by atoms with van der Waals surface area (Å²) in [6.07, 6.45) is 0.812. The SMILES string of the molecule is O=CC(S)c1ccc(Br)cc1. The van der Waals surface area contributed by atoms with Gasteiger partial charge in [0.05, 0.1) is 5.25 Å². The number of halogens is 1. The first-order valence-corrected chi connectivity index (χ1v) is 4.44. The number of rotatable bonds is 2. The van der Waals surface area contributed by atoms with Gasteiger partial charge in [-0.2, -0.15) is 12.6 Å². The molecule has 11 heavy (non-hydrogen) atoms. The maximum Gasteiger partial charge on any atom is 0.137 e. The monoisotopic (exact) mass is 230 g/mol. The van der Waals surface area contributed by atoms with E-state index in [1.807, 2.05) is 24.3 Å². The van der Waals surface area contributed by atoms with Crippen molar-refractivity contribution in [2.24, 2.45) is 0 Å². The number of hydrogen-bond donors (Lipinski definition) is 1. The Hall–Kier alpha value is -0.280. The third kappa shape index (κ3) is 2.34. The highest BCUT2D eigenvalue weighted by atomic mass is 79.9. The summed E-state index contributed by atoms with van der Waals surface area (Å²) in [7, 11) is 0. The van der Waals surface area contributed by atoms with Crippen LogP contribution < -0.4 is 0 Å². The lowest BCUT2D eigenvalue weighted by Gasteiger charge is -2.01. The summed E-state index contributed by atoms with van der Waals surface area (Å²) in [4.78, 5) is 10.3. The minimum Gasteiger partial charge on any atom is -0.302 e.